The molecule has 0 atom stereocenters. The zero-order valence-corrected chi connectivity index (χ0v) is 13.1. The Morgan fingerprint density at radius 3 is 2.35 bits per heavy atom. The molecule has 6 nitrogen and oxygen atoms in total. The molecule has 1 aromatic rings. The van der Waals surface area contributed by atoms with E-state index in [9.17, 15) is 13.2 Å². The summed E-state index contributed by atoms with van der Waals surface area (Å²) < 4.78 is 32.1. The molecule has 112 valence electrons. The van der Waals surface area contributed by atoms with Crippen LogP contribution in [0, 0.1) is 0 Å². The normalized spacial score (nSPS) is 12.3. The Kier molecular flexibility index (Phi) is 4.77. The molecule has 0 aliphatic heterocycles. The second-order valence-electron chi connectivity index (χ2n) is 5.47. The van der Waals surface area contributed by atoms with E-state index < -0.39 is 21.8 Å². The van der Waals surface area contributed by atoms with Crippen LogP contribution in [0.4, 0.5) is 5.69 Å². The molecule has 0 radical (unpaired) electrons. The highest BCUT2D eigenvalue weighted by atomic mass is 32.2. The lowest BCUT2D eigenvalue weighted by molar-refractivity contribution is 0.00695. The first-order valence-corrected chi connectivity index (χ1v) is 7.49. The number of esters is 1. The van der Waals surface area contributed by atoms with Gasteiger partial charge in [0.1, 0.15) is 5.60 Å². The van der Waals surface area contributed by atoms with E-state index in [2.05, 4.69) is 4.72 Å². The second-order valence-corrected chi connectivity index (χ2v) is 7.36. The Hall–Kier alpha value is -1.60. The number of hydrogen-bond acceptors (Lipinski definition) is 4. The van der Waals surface area contributed by atoms with Gasteiger partial charge in [-0.2, -0.15) is 12.7 Å². The topological polar surface area (TPSA) is 75.7 Å². The number of anilines is 1. The number of carbonyl (C=O) groups is 1. The van der Waals surface area contributed by atoms with E-state index >= 15 is 0 Å². The summed E-state index contributed by atoms with van der Waals surface area (Å²) in [6.45, 7) is 5.30. The van der Waals surface area contributed by atoms with Gasteiger partial charge in [-0.15, -0.1) is 0 Å². The lowest BCUT2D eigenvalue weighted by Gasteiger charge is -2.20. The third-order valence-corrected chi connectivity index (χ3v) is 3.68. The third kappa shape index (κ3) is 4.82. The van der Waals surface area contributed by atoms with Crippen molar-refractivity contribution in [3.63, 3.8) is 0 Å². The Morgan fingerprint density at radius 2 is 1.85 bits per heavy atom. The van der Waals surface area contributed by atoms with Crippen molar-refractivity contribution in [2.24, 2.45) is 0 Å². The standard InChI is InChI=1S/C13H20N2O4S/c1-13(2,3)19-12(16)10-7-6-8-11(9-10)14-20(17,18)15(4)5/h6-9,14H,1-5H3. The van der Waals surface area contributed by atoms with Crippen molar-refractivity contribution in [3.8, 4) is 0 Å². The molecule has 0 unspecified atom stereocenters. The van der Waals surface area contributed by atoms with E-state index in [1.54, 1.807) is 39.0 Å². The average molecular weight is 300 g/mol. The summed E-state index contributed by atoms with van der Waals surface area (Å²) in [6, 6.07) is 6.17. The second kappa shape index (κ2) is 5.80. The van der Waals surface area contributed by atoms with Crippen molar-refractivity contribution in [2.75, 3.05) is 18.8 Å². The van der Waals surface area contributed by atoms with Gasteiger partial charge >= 0.3 is 16.2 Å². The minimum absolute atomic E-state index is 0.291. The Labute approximate surface area is 119 Å². The maximum absolute atomic E-state index is 11.9. The van der Waals surface area contributed by atoms with Gasteiger partial charge in [-0.1, -0.05) is 6.07 Å². The van der Waals surface area contributed by atoms with Crippen molar-refractivity contribution in [1.82, 2.24) is 4.31 Å². The van der Waals surface area contributed by atoms with Crippen molar-refractivity contribution in [2.45, 2.75) is 26.4 Å². The lowest BCUT2D eigenvalue weighted by atomic mass is 10.1. The van der Waals surface area contributed by atoms with E-state index in [0.29, 0.717) is 11.3 Å². The minimum Gasteiger partial charge on any atom is -0.456 e. The molecular weight excluding hydrogens is 280 g/mol. The number of carbonyl (C=O) groups excluding carboxylic acids is 1. The molecule has 0 spiro atoms. The lowest BCUT2D eigenvalue weighted by Crippen LogP contribution is -2.29. The summed E-state index contributed by atoms with van der Waals surface area (Å²) in [4.78, 5) is 11.9. The molecule has 1 aromatic carbocycles. The van der Waals surface area contributed by atoms with E-state index in [1.165, 1.54) is 20.2 Å². The first kappa shape index (κ1) is 16.5. The van der Waals surface area contributed by atoms with Crippen molar-refractivity contribution < 1.29 is 17.9 Å². The van der Waals surface area contributed by atoms with Crippen molar-refractivity contribution in [1.29, 1.82) is 0 Å². The van der Waals surface area contributed by atoms with E-state index in [-0.39, 0.29) is 0 Å². The zero-order chi connectivity index (χ0) is 15.6. The summed E-state index contributed by atoms with van der Waals surface area (Å²) in [6.07, 6.45) is 0. The quantitative estimate of drug-likeness (QED) is 0.861. The van der Waals surface area contributed by atoms with Gasteiger partial charge in [0.15, 0.2) is 0 Å². The average Bonchev–Trinajstić information content (AvgIpc) is 2.26. The van der Waals surface area contributed by atoms with Crippen LogP contribution in [0.15, 0.2) is 24.3 Å². The van der Waals surface area contributed by atoms with E-state index in [4.69, 9.17) is 4.74 Å². The Balaban J connectivity index is 2.95. The SMILES string of the molecule is CN(C)S(=O)(=O)Nc1cccc(C(=O)OC(C)(C)C)c1. The van der Waals surface area contributed by atoms with Crippen LogP contribution in [0.5, 0.6) is 0 Å². The molecule has 0 saturated heterocycles. The monoisotopic (exact) mass is 300 g/mol. The molecule has 0 aromatic heterocycles. The highest BCUT2D eigenvalue weighted by Crippen LogP contribution is 2.17. The predicted molar refractivity (Wildman–Crippen MR) is 77.8 cm³/mol. The fourth-order valence-corrected chi connectivity index (χ4v) is 1.89. The number of nitrogens with one attached hydrogen (secondary N) is 1. The molecule has 0 bridgehead atoms. The first-order chi connectivity index (χ1) is 9.01. The Bertz CT molecular complexity index is 589. The van der Waals surface area contributed by atoms with Gasteiger partial charge in [-0.25, -0.2) is 4.79 Å². The van der Waals surface area contributed by atoms with Gasteiger partial charge in [-0.05, 0) is 39.0 Å². The number of nitrogens with zero attached hydrogens (tertiary/aromatic N) is 1. The van der Waals surface area contributed by atoms with Crippen molar-refractivity contribution in [3.05, 3.63) is 29.8 Å². The van der Waals surface area contributed by atoms with Gasteiger partial charge in [0, 0.05) is 14.1 Å². The van der Waals surface area contributed by atoms with Crippen LogP contribution >= 0.6 is 0 Å². The summed E-state index contributed by atoms with van der Waals surface area (Å²) >= 11 is 0. The van der Waals surface area contributed by atoms with Gasteiger partial charge in [0.05, 0.1) is 11.3 Å². The fraction of sp³-hybridized carbons (Fsp3) is 0.462. The molecule has 20 heavy (non-hydrogen) atoms. The molecule has 0 heterocycles. The summed E-state index contributed by atoms with van der Waals surface area (Å²) in [5.74, 6) is -0.497. The number of benzene rings is 1. The number of ether oxygens (including phenoxy) is 1. The highest BCUT2D eigenvalue weighted by molar-refractivity contribution is 7.90. The van der Waals surface area contributed by atoms with Crippen LogP contribution in [0.2, 0.25) is 0 Å². The van der Waals surface area contributed by atoms with E-state index in [0.717, 1.165) is 4.31 Å². The van der Waals surface area contributed by atoms with Crippen molar-refractivity contribution >= 4 is 21.9 Å². The molecule has 1 rings (SSSR count). The molecule has 0 fully saturated rings. The Morgan fingerprint density at radius 1 is 1.25 bits per heavy atom. The van der Waals surface area contributed by atoms with E-state index in [1.807, 2.05) is 0 Å². The molecular formula is C13H20N2O4S. The summed E-state index contributed by atoms with van der Waals surface area (Å²) in [5.41, 5.74) is -0.00287. The molecule has 0 aliphatic rings. The summed E-state index contributed by atoms with van der Waals surface area (Å²) in [7, 11) is -0.764. The zero-order valence-electron chi connectivity index (χ0n) is 12.3. The first-order valence-electron chi connectivity index (χ1n) is 6.05. The maximum Gasteiger partial charge on any atom is 0.338 e. The van der Waals surface area contributed by atoms with Crippen LogP contribution in [0.25, 0.3) is 0 Å². The van der Waals surface area contributed by atoms with Crippen LogP contribution in [-0.4, -0.2) is 38.4 Å². The third-order valence-electron chi connectivity index (χ3n) is 2.22. The fourth-order valence-electron chi connectivity index (χ4n) is 1.29. The van der Waals surface area contributed by atoms with Gasteiger partial charge in [0.25, 0.3) is 0 Å². The predicted octanol–water partition coefficient (Wildman–Crippen LogP) is 1.86. The largest absolute Gasteiger partial charge is 0.456 e. The molecule has 7 heteroatoms. The number of rotatable bonds is 4. The minimum atomic E-state index is -3.60. The van der Waals surface area contributed by atoms with Crippen LogP contribution < -0.4 is 4.72 Å². The molecule has 0 saturated carbocycles. The molecule has 1 N–H and O–H groups in total. The van der Waals surface area contributed by atoms with Gasteiger partial charge in [0.2, 0.25) is 0 Å². The smallest absolute Gasteiger partial charge is 0.338 e. The van der Waals surface area contributed by atoms with Crippen LogP contribution in [0.3, 0.4) is 0 Å². The highest BCUT2D eigenvalue weighted by Gasteiger charge is 2.19. The summed E-state index contributed by atoms with van der Waals surface area (Å²) in [5, 5.41) is 0. The maximum atomic E-state index is 11.9. The van der Waals surface area contributed by atoms with Crippen LogP contribution in [-0.2, 0) is 14.9 Å². The van der Waals surface area contributed by atoms with Gasteiger partial charge in [-0.3, -0.25) is 4.72 Å². The van der Waals surface area contributed by atoms with Gasteiger partial charge < -0.3 is 4.74 Å². The van der Waals surface area contributed by atoms with Crippen LogP contribution in [0.1, 0.15) is 31.1 Å². The molecule has 0 amide bonds. The molecule has 0 aliphatic carbocycles. The number of hydrogen-bond donors (Lipinski definition) is 1.